The van der Waals surface area contributed by atoms with Gasteiger partial charge in [-0.25, -0.2) is 4.79 Å². The van der Waals surface area contributed by atoms with Gasteiger partial charge in [0.15, 0.2) is 0 Å². The summed E-state index contributed by atoms with van der Waals surface area (Å²) in [6.07, 6.45) is 0. The number of nitrogens with two attached hydrogens (primary N) is 1. The van der Waals surface area contributed by atoms with Gasteiger partial charge in [-0.15, -0.1) is 0 Å². The topological polar surface area (TPSA) is 106 Å². The maximum Gasteiger partial charge on any atom is 1.00 e. The Hall–Kier alpha value is -0.474. The molecule has 0 saturated heterocycles. The molecular weight excluding hydrogens is 215 g/mol. The van der Waals surface area contributed by atoms with Crippen molar-refractivity contribution in [1.29, 1.82) is 0 Å². The number of non-ortho nitro benzene ring substituents is 1. The first-order valence-electron chi connectivity index (χ1n) is 3.29. The third-order valence-corrected chi connectivity index (χ3v) is 1.48. The molecule has 0 atom stereocenters. The van der Waals surface area contributed by atoms with Crippen molar-refractivity contribution in [3.05, 3.63) is 33.9 Å². The molecule has 0 unspecified atom stereocenters. The fourth-order valence-corrected chi connectivity index (χ4v) is 0.843. The summed E-state index contributed by atoms with van der Waals surface area (Å²) in [6, 6.07) is 3.28. The Morgan fingerprint density at radius 3 is 2.57 bits per heavy atom. The first-order chi connectivity index (χ1) is 6.02. The van der Waals surface area contributed by atoms with E-state index in [4.69, 9.17) is 10.8 Å². The summed E-state index contributed by atoms with van der Waals surface area (Å²) in [6.45, 7) is 0. The molecule has 0 amide bonds. The van der Waals surface area contributed by atoms with Crippen LogP contribution in [-0.2, 0) is 0 Å². The summed E-state index contributed by atoms with van der Waals surface area (Å²) in [7, 11) is 0. The van der Waals surface area contributed by atoms with Crippen molar-refractivity contribution in [3.63, 3.8) is 0 Å². The molecule has 0 aromatic heterocycles. The largest absolute Gasteiger partial charge is 1.00 e. The molecule has 0 heterocycles. The van der Waals surface area contributed by atoms with E-state index < -0.39 is 10.9 Å². The number of carbonyl (C=O) groups is 1. The number of anilines is 1. The Balaban J connectivity index is 0. The standard InChI is InChI=1S/C7H6N2O4.K.H/c8-6-2-1-4(9(12)13)3-5(6)7(10)11;;/h1-3H,8H2,(H,10,11);;/q;+1;-1. The first kappa shape index (κ1) is 13.5. The Kier molecular flexibility index (Phi) is 5.23. The fourth-order valence-electron chi connectivity index (χ4n) is 0.843. The molecular formula is C7H7KN2O4. The van der Waals surface area contributed by atoms with Gasteiger partial charge in [-0.3, -0.25) is 10.1 Å². The molecule has 1 rings (SSSR count). The Bertz CT molecular complexity index is 385. The molecule has 6 nitrogen and oxygen atoms in total. The molecule has 0 spiro atoms. The van der Waals surface area contributed by atoms with E-state index in [0.29, 0.717) is 0 Å². The molecule has 7 heteroatoms. The van der Waals surface area contributed by atoms with Crippen molar-refractivity contribution in [1.82, 2.24) is 0 Å². The molecule has 0 saturated carbocycles. The molecule has 0 fully saturated rings. The first-order valence-corrected chi connectivity index (χ1v) is 3.29. The van der Waals surface area contributed by atoms with Crippen LogP contribution in [0.1, 0.15) is 11.8 Å². The normalized spacial score (nSPS) is 8.86. The van der Waals surface area contributed by atoms with Crippen molar-refractivity contribution in [3.8, 4) is 0 Å². The number of hydrogen-bond acceptors (Lipinski definition) is 4. The van der Waals surface area contributed by atoms with Crippen molar-refractivity contribution in [2.24, 2.45) is 0 Å². The van der Waals surface area contributed by atoms with Gasteiger partial charge in [0.1, 0.15) is 0 Å². The number of nitrogens with zero attached hydrogens (tertiary/aromatic N) is 1. The molecule has 0 bridgehead atoms. The van der Waals surface area contributed by atoms with Gasteiger partial charge in [0.05, 0.1) is 10.5 Å². The number of nitro benzene ring substituents is 1. The zero-order valence-electron chi connectivity index (χ0n) is 8.43. The zero-order chi connectivity index (χ0) is 10.0. The van der Waals surface area contributed by atoms with E-state index in [1.54, 1.807) is 0 Å². The van der Waals surface area contributed by atoms with Gasteiger partial charge in [-0.05, 0) is 6.07 Å². The summed E-state index contributed by atoms with van der Waals surface area (Å²) in [5.41, 5.74) is 4.76. The van der Waals surface area contributed by atoms with Crippen LogP contribution in [0.2, 0.25) is 0 Å². The Morgan fingerprint density at radius 1 is 1.57 bits per heavy atom. The van der Waals surface area contributed by atoms with E-state index in [1.807, 2.05) is 0 Å². The SMILES string of the molecule is Nc1ccc([N+](=O)[O-])cc1C(=O)O.[H-].[K+]. The molecule has 0 aliphatic heterocycles. The molecule has 0 radical (unpaired) electrons. The summed E-state index contributed by atoms with van der Waals surface area (Å²) in [4.78, 5) is 20.1. The van der Waals surface area contributed by atoms with E-state index in [0.717, 1.165) is 12.1 Å². The number of aromatic carboxylic acids is 1. The van der Waals surface area contributed by atoms with E-state index in [2.05, 4.69) is 0 Å². The van der Waals surface area contributed by atoms with Crippen LogP contribution < -0.4 is 57.1 Å². The quantitative estimate of drug-likeness (QED) is 0.260. The van der Waals surface area contributed by atoms with Crippen LogP contribution in [0.5, 0.6) is 0 Å². The van der Waals surface area contributed by atoms with Crippen LogP contribution in [0.15, 0.2) is 18.2 Å². The average Bonchev–Trinajstić information content (AvgIpc) is 2.04. The van der Waals surface area contributed by atoms with E-state index in [-0.39, 0.29) is 69.7 Å². The average molecular weight is 222 g/mol. The molecule has 70 valence electrons. The number of carboxylic acids is 1. The van der Waals surface area contributed by atoms with Gasteiger partial charge in [0.25, 0.3) is 5.69 Å². The number of nitro groups is 1. The van der Waals surface area contributed by atoms with E-state index in [9.17, 15) is 14.9 Å². The fraction of sp³-hybridized carbons (Fsp3) is 0. The summed E-state index contributed by atoms with van der Waals surface area (Å²) < 4.78 is 0. The summed E-state index contributed by atoms with van der Waals surface area (Å²) in [5.74, 6) is -1.28. The molecule has 0 aliphatic carbocycles. The van der Waals surface area contributed by atoms with Gasteiger partial charge in [-0.2, -0.15) is 0 Å². The van der Waals surface area contributed by atoms with Gasteiger partial charge in [0, 0.05) is 17.8 Å². The van der Waals surface area contributed by atoms with Crippen molar-refractivity contribution < 1.29 is 67.6 Å². The second-order valence-corrected chi connectivity index (χ2v) is 2.33. The molecule has 1 aromatic rings. The van der Waals surface area contributed by atoms with Crippen LogP contribution in [0, 0.1) is 10.1 Å². The minimum absolute atomic E-state index is 0. The summed E-state index contributed by atoms with van der Waals surface area (Å²) in [5, 5.41) is 18.8. The number of benzene rings is 1. The van der Waals surface area contributed by atoms with Gasteiger partial charge < -0.3 is 12.3 Å². The van der Waals surface area contributed by atoms with Crippen molar-refractivity contribution in [2.45, 2.75) is 0 Å². The van der Waals surface area contributed by atoms with E-state index >= 15 is 0 Å². The van der Waals surface area contributed by atoms with Crippen LogP contribution in [0.4, 0.5) is 11.4 Å². The maximum atomic E-state index is 10.5. The smallest absolute Gasteiger partial charge is 1.00 e. The van der Waals surface area contributed by atoms with Crippen molar-refractivity contribution >= 4 is 17.3 Å². The zero-order valence-corrected chi connectivity index (χ0v) is 10.6. The third-order valence-electron chi connectivity index (χ3n) is 1.48. The molecule has 14 heavy (non-hydrogen) atoms. The Morgan fingerprint density at radius 2 is 2.14 bits per heavy atom. The van der Waals surface area contributed by atoms with Gasteiger partial charge in [0.2, 0.25) is 0 Å². The van der Waals surface area contributed by atoms with E-state index in [1.165, 1.54) is 6.07 Å². The monoisotopic (exact) mass is 222 g/mol. The van der Waals surface area contributed by atoms with Gasteiger partial charge in [-0.1, -0.05) is 0 Å². The maximum absolute atomic E-state index is 10.5. The van der Waals surface area contributed by atoms with Crippen molar-refractivity contribution in [2.75, 3.05) is 5.73 Å². The van der Waals surface area contributed by atoms with Crippen LogP contribution in [-0.4, -0.2) is 16.0 Å². The predicted molar refractivity (Wildman–Crippen MR) is 45.6 cm³/mol. The third kappa shape index (κ3) is 3.03. The number of rotatable bonds is 2. The number of nitrogen functional groups attached to an aromatic ring is 1. The second-order valence-electron chi connectivity index (χ2n) is 2.33. The van der Waals surface area contributed by atoms with Crippen LogP contribution in [0.25, 0.3) is 0 Å². The Labute approximate surface area is 123 Å². The summed E-state index contributed by atoms with van der Waals surface area (Å²) >= 11 is 0. The number of hydrogen-bond donors (Lipinski definition) is 2. The molecule has 0 aliphatic rings. The molecule has 3 N–H and O–H groups in total. The van der Waals surface area contributed by atoms with Crippen LogP contribution >= 0.6 is 0 Å². The molecule has 1 aromatic carbocycles. The van der Waals surface area contributed by atoms with Gasteiger partial charge >= 0.3 is 57.4 Å². The predicted octanol–water partition coefficient (Wildman–Crippen LogP) is -2.01. The minimum atomic E-state index is -1.28. The second kappa shape index (κ2) is 5.42. The number of carboxylic acid groups (broad SMARTS) is 1. The minimum Gasteiger partial charge on any atom is -1.00 e. The van der Waals surface area contributed by atoms with Crippen LogP contribution in [0.3, 0.4) is 0 Å².